The molecule has 5 nitrogen and oxygen atoms in total. The number of rotatable bonds is 3. The van der Waals surface area contributed by atoms with Gasteiger partial charge in [0.25, 0.3) is 5.56 Å². The van der Waals surface area contributed by atoms with E-state index >= 15 is 0 Å². The Labute approximate surface area is 138 Å². The van der Waals surface area contributed by atoms with Crippen LogP contribution in [0.5, 0.6) is 0 Å². The smallest absolute Gasteiger partial charge is 0.343 e. The Balaban J connectivity index is 2.18. The van der Waals surface area contributed by atoms with Crippen LogP contribution in [0.15, 0.2) is 17.1 Å². The zero-order valence-electron chi connectivity index (χ0n) is 13.5. The minimum Gasteiger partial charge on any atom is -0.477 e. The Kier molecular flexibility index (Phi) is 3.37. The topological polar surface area (TPSA) is 62.0 Å². The molecule has 2 aromatic rings. The van der Waals surface area contributed by atoms with Gasteiger partial charge in [-0.25, -0.2) is 9.18 Å². The lowest BCUT2D eigenvalue weighted by Gasteiger charge is -2.25. The van der Waals surface area contributed by atoms with Gasteiger partial charge >= 0.3 is 5.97 Å². The molecule has 2 aromatic heterocycles. The number of aromatic carboxylic acids is 1. The Bertz CT molecular complexity index is 909. The van der Waals surface area contributed by atoms with Crippen molar-refractivity contribution in [2.45, 2.75) is 38.5 Å². The van der Waals surface area contributed by atoms with Crippen LogP contribution in [0, 0.1) is 12.7 Å². The van der Waals surface area contributed by atoms with E-state index in [1.807, 2.05) is 4.90 Å². The molecule has 2 aliphatic rings. The molecule has 126 valence electrons. The van der Waals surface area contributed by atoms with Crippen molar-refractivity contribution >= 4 is 17.2 Å². The molecule has 2 fully saturated rings. The lowest BCUT2D eigenvalue weighted by atomic mass is 9.99. The summed E-state index contributed by atoms with van der Waals surface area (Å²) in [5, 5.41) is 9.70. The summed E-state index contributed by atoms with van der Waals surface area (Å²) in [6, 6.07) is 1.41. The van der Waals surface area contributed by atoms with Crippen molar-refractivity contribution in [3.63, 3.8) is 0 Å². The predicted molar refractivity (Wildman–Crippen MR) is 88.7 cm³/mol. The maximum atomic E-state index is 13.8. The molecule has 0 atom stereocenters. The summed E-state index contributed by atoms with van der Waals surface area (Å²) in [5.41, 5.74) is 1.96. The third kappa shape index (κ3) is 2.20. The fraction of sp³-hybridized carbons (Fsp3) is 0.444. The molecule has 0 bridgehead atoms. The minimum atomic E-state index is -1.24. The van der Waals surface area contributed by atoms with Crippen LogP contribution in [-0.2, 0) is 0 Å². The van der Waals surface area contributed by atoms with Crippen molar-refractivity contribution in [2.75, 3.05) is 18.0 Å². The van der Waals surface area contributed by atoms with E-state index in [2.05, 4.69) is 0 Å². The molecule has 3 heterocycles. The van der Waals surface area contributed by atoms with Gasteiger partial charge < -0.3 is 10.0 Å². The first-order valence-corrected chi connectivity index (χ1v) is 8.35. The summed E-state index contributed by atoms with van der Waals surface area (Å²) in [6.45, 7) is 3.30. The molecule has 1 aliphatic carbocycles. The van der Waals surface area contributed by atoms with Crippen molar-refractivity contribution in [3.8, 4) is 0 Å². The first-order chi connectivity index (χ1) is 11.5. The number of halogens is 1. The highest BCUT2D eigenvalue weighted by molar-refractivity contribution is 5.97. The van der Waals surface area contributed by atoms with Crippen LogP contribution in [-0.4, -0.2) is 28.6 Å². The number of hydrogen-bond donors (Lipinski definition) is 1. The summed E-state index contributed by atoms with van der Waals surface area (Å²) in [5.74, 6) is -1.52. The number of pyridine rings is 2. The Hall–Kier alpha value is -2.37. The van der Waals surface area contributed by atoms with Gasteiger partial charge in [-0.2, -0.15) is 0 Å². The third-order valence-electron chi connectivity index (χ3n) is 5.02. The van der Waals surface area contributed by atoms with Crippen LogP contribution in [0.1, 0.15) is 53.1 Å². The zero-order valence-corrected chi connectivity index (χ0v) is 13.5. The van der Waals surface area contributed by atoms with Gasteiger partial charge in [-0.15, -0.1) is 0 Å². The van der Waals surface area contributed by atoms with Crippen LogP contribution in [0.25, 0.3) is 5.52 Å². The number of carboxylic acids is 1. The average molecular weight is 330 g/mol. The summed E-state index contributed by atoms with van der Waals surface area (Å²) < 4.78 is 15.0. The van der Waals surface area contributed by atoms with Crippen LogP contribution in [0.2, 0.25) is 0 Å². The number of carbonyl (C=O) groups is 1. The Morgan fingerprint density at radius 3 is 2.54 bits per heavy atom. The van der Waals surface area contributed by atoms with Gasteiger partial charge in [-0.05, 0) is 50.2 Å². The van der Waals surface area contributed by atoms with Gasteiger partial charge in [0.15, 0.2) is 0 Å². The van der Waals surface area contributed by atoms with Gasteiger partial charge in [0, 0.05) is 24.8 Å². The molecule has 6 heteroatoms. The first kappa shape index (κ1) is 15.2. The van der Waals surface area contributed by atoms with Gasteiger partial charge in [-0.1, -0.05) is 0 Å². The van der Waals surface area contributed by atoms with Crippen molar-refractivity contribution in [1.29, 1.82) is 0 Å². The Morgan fingerprint density at radius 1 is 1.29 bits per heavy atom. The molecule has 0 unspecified atom stereocenters. The molecular weight excluding hydrogens is 311 g/mol. The molecule has 0 radical (unpaired) electrons. The SMILES string of the molecule is Cc1cc(F)cn2c(=O)c(C(=O)O)c(N3CCCC3)c(C3CC3)c12. The molecule has 1 N–H and O–H groups in total. The fourth-order valence-electron chi connectivity index (χ4n) is 3.88. The monoisotopic (exact) mass is 330 g/mol. The zero-order chi connectivity index (χ0) is 17.0. The third-order valence-corrected chi connectivity index (χ3v) is 5.02. The normalized spacial score (nSPS) is 17.7. The highest BCUT2D eigenvalue weighted by atomic mass is 19.1. The minimum absolute atomic E-state index is 0.221. The molecule has 0 aromatic carbocycles. The summed E-state index contributed by atoms with van der Waals surface area (Å²) in [4.78, 5) is 26.7. The fourth-order valence-corrected chi connectivity index (χ4v) is 3.88. The molecule has 1 aliphatic heterocycles. The van der Waals surface area contributed by atoms with E-state index in [9.17, 15) is 19.1 Å². The maximum absolute atomic E-state index is 13.8. The number of aromatic nitrogens is 1. The quantitative estimate of drug-likeness (QED) is 0.940. The molecular formula is C18H19FN2O3. The molecule has 4 rings (SSSR count). The van der Waals surface area contributed by atoms with E-state index in [0.717, 1.165) is 50.5 Å². The second-order valence-corrected chi connectivity index (χ2v) is 6.78. The number of anilines is 1. The molecule has 24 heavy (non-hydrogen) atoms. The summed E-state index contributed by atoms with van der Waals surface area (Å²) in [7, 11) is 0. The summed E-state index contributed by atoms with van der Waals surface area (Å²) >= 11 is 0. The van der Waals surface area contributed by atoms with E-state index in [1.165, 1.54) is 10.5 Å². The first-order valence-electron chi connectivity index (χ1n) is 8.35. The number of hydrogen-bond acceptors (Lipinski definition) is 3. The van der Waals surface area contributed by atoms with Crippen molar-refractivity contribution in [1.82, 2.24) is 4.40 Å². The number of nitrogens with zero attached hydrogens (tertiary/aromatic N) is 2. The van der Waals surface area contributed by atoms with E-state index in [1.54, 1.807) is 6.92 Å². The van der Waals surface area contributed by atoms with Crippen LogP contribution >= 0.6 is 0 Å². The van der Waals surface area contributed by atoms with Crippen LogP contribution in [0.3, 0.4) is 0 Å². The highest BCUT2D eigenvalue weighted by Gasteiger charge is 2.36. The van der Waals surface area contributed by atoms with Gasteiger partial charge in [0.2, 0.25) is 0 Å². The average Bonchev–Trinajstić information content (AvgIpc) is 3.21. The molecule has 0 amide bonds. The number of carboxylic acid groups (broad SMARTS) is 1. The standard InChI is InChI=1S/C18H19FN2O3/c1-10-8-12(19)9-21-15(10)13(11-4-5-11)16(20-6-2-3-7-20)14(17(21)22)18(23)24/h8-9,11H,2-7H2,1H3,(H,23,24). The van der Waals surface area contributed by atoms with Gasteiger partial charge in [0.05, 0.1) is 11.2 Å². The molecule has 0 spiro atoms. The second kappa shape index (κ2) is 5.33. The lowest BCUT2D eigenvalue weighted by molar-refractivity contribution is 0.0695. The van der Waals surface area contributed by atoms with E-state index in [0.29, 0.717) is 16.8 Å². The van der Waals surface area contributed by atoms with E-state index in [4.69, 9.17) is 0 Å². The summed E-state index contributed by atoms with van der Waals surface area (Å²) in [6.07, 6.45) is 5.04. The van der Waals surface area contributed by atoms with Gasteiger partial charge in [-0.3, -0.25) is 9.20 Å². The van der Waals surface area contributed by atoms with Crippen molar-refractivity contribution in [3.05, 3.63) is 45.1 Å². The largest absolute Gasteiger partial charge is 0.477 e. The van der Waals surface area contributed by atoms with Crippen molar-refractivity contribution in [2.24, 2.45) is 0 Å². The number of fused-ring (bicyclic) bond motifs is 1. The van der Waals surface area contributed by atoms with E-state index in [-0.39, 0.29) is 11.5 Å². The molecule has 1 saturated carbocycles. The van der Waals surface area contributed by atoms with Crippen LogP contribution < -0.4 is 10.5 Å². The maximum Gasteiger partial charge on any atom is 0.343 e. The van der Waals surface area contributed by atoms with Gasteiger partial charge in [0.1, 0.15) is 11.4 Å². The predicted octanol–water partition coefficient (Wildman–Crippen LogP) is 2.92. The van der Waals surface area contributed by atoms with Crippen molar-refractivity contribution < 1.29 is 14.3 Å². The lowest BCUT2D eigenvalue weighted by Crippen LogP contribution is -2.31. The highest BCUT2D eigenvalue weighted by Crippen LogP contribution is 2.48. The second-order valence-electron chi connectivity index (χ2n) is 6.78. The Morgan fingerprint density at radius 2 is 1.96 bits per heavy atom. The van der Waals surface area contributed by atoms with E-state index < -0.39 is 17.3 Å². The number of aryl methyl sites for hydroxylation is 1. The molecule has 1 saturated heterocycles. The van der Waals surface area contributed by atoms with Crippen LogP contribution in [0.4, 0.5) is 10.1 Å².